The lowest BCUT2D eigenvalue weighted by atomic mass is 9.96. The fourth-order valence-corrected chi connectivity index (χ4v) is 6.87. The van der Waals surface area contributed by atoms with Crippen molar-refractivity contribution in [1.82, 2.24) is 9.29 Å². The molecule has 0 unspecified atom stereocenters. The Hall–Kier alpha value is -3.07. The van der Waals surface area contributed by atoms with Crippen LogP contribution in [0.4, 0.5) is 5.69 Å². The first-order valence-electron chi connectivity index (χ1n) is 11.8. The number of carbonyl (C=O) groups is 1. The fraction of sp³-hybridized carbons (Fsp3) is 0.259. The third kappa shape index (κ3) is 5.00. The molecule has 0 radical (unpaired) electrons. The molecule has 3 aromatic carbocycles. The predicted octanol–water partition coefficient (Wildman–Crippen LogP) is 6.17. The molecule has 1 aromatic heterocycles. The Morgan fingerprint density at radius 2 is 1.63 bits per heavy atom. The third-order valence-electron chi connectivity index (χ3n) is 6.57. The van der Waals surface area contributed by atoms with Crippen LogP contribution in [0.15, 0.2) is 77.7 Å². The van der Waals surface area contributed by atoms with Gasteiger partial charge in [-0.2, -0.15) is 4.31 Å². The Morgan fingerprint density at radius 1 is 0.943 bits per heavy atom. The van der Waals surface area contributed by atoms with E-state index in [2.05, 4.69) is 16.4 Å². The Kier molecular flexibility index (Phi) is 6.69. The van der Waals surface area contributed by atoms with Crippen molar-refractivity contribution in [2.45, 2.75) is 43.0 Å². The van der Waals surface area contributed by atoms with Crippen molar-refractivity contribution >= 4 is 43.2 Å². The monoisotopic (exact) mass is 505 g/mol. The van der Waals surface area contributed by atoms with Crippen molar-refractivity contribution in [1.29, 1.82) is 0 Å². The van der Waals surface area contributed by atoms with Gasteiger partial charge in [-0.15, -0.1) is 11.3 Å². The molecule has 0 aliphatic heterocycles. The van der Waals surface area contributed by atoms with Crippen molar-refractivity contribution in [3.63, 3.8) is 0 Å². The van der Waals surface area contributed by atoms with Crippen molar-refractivity contribution in [2.24, 2.45) is 0 Å². The highest BCUT2D eigenvalue weighted by molar-refractivity contribution is 7.89. The maximum atomic E-state index is 13.0. The van der Waals surface area contributed by atoms with E-state index in [1.54, 1.807) is 30.5 Å². The van der Waals surface area contributed by atoms with Gasteiger partial charge in [0.1, 0.15) is 5.01 Å². The maximum Gasteiger partial charge on any atom is 0.255 e. The number of nitrogens with one attached hydrogen (secondary N) is 1. The molecule has 1 fully saturated rings. The summed E-state index contributed by atoms with van der Waals surface area (Å²) in [5, 5.41) is 3.81. The Balaban J connectivity index is 1.26. The summed E-state index contributed by atoms with van der Waals surface area (Å²) >= 11 is 1.63. The average molecular weight is 506 g/mol. The molecule has 1 aliphatic carbocycles. The number of rotatable bonds is 6. The number of thiazole rings is 1. The second-order valence-electron chi connectivity index (χ2n) is 8.86. The molecule has 180 valence electrons. The summed E-state index contributed by atoms with van der Waals surface area (Å²) in [6.07, 6.45) is 5.08. The van der Waals surface area contributed by atoms with Crippen LogP contribution in [0.3, 0.4) is 0 Å². The van der Waals surface area contributed by atoms with Gasteiger partial charge in [-0.3, -0.25) is 4.79 Å². The third-order valence-corrected chi connectivity index (χ3v) is 9.58. The summed E-state index contributed by atoms with van der Waals surface area (Å²) in [7, 11) is -1.93. The zero-order valence-electron chi connectivity index (χ0n) is 19.5. The summed E-state index contributed by atoms with van der Waals surface area (Å²) in [5.41, 5.74) is 3.02. The molecule has 0 bridgehead atoms. The lowest BCUT2D eigenvalue weighted by Crippen LogP contribution is -2.38. The van der Waals surface area contributed by atoms with Crippen LogP contribution in [-0.4, -0.2) is 36.7 Å². The van der Waals surface area contributed by atoms with E-state index in [1.807, 2.05) is 42.5 Å². The van der Waals surface area contributed by atoms with E-state index in [-0.39, 0.29) is 16.8 Å². The molecule has 5 rings (SSSR count). The van der Waals surface area contributed by atoms with Gasteiger partial charge < -0.3 is 5.32 Å². The van der Waals surface area contributed by atoms with Crippen LogP contribution in [0.1, 0.15) is 42.5 Å². The van der Waals surface area contributed by atoms with Gasteiger partial charge in [-0.1, -0.05) is 31.4 Å². The molecule has 1 N–H and O–H groups in total. The quantitative estimate of drug-likeness (QED) is 0.340. The van der Waals surface area contributed by atoms with Gasteiger partial charge in [0, 0.05) is 29.9 Å². The maximum absolute atomic E-state index is 13.0. The van der Waals surface area contributed by atoms with Gasteiger partial charge in [-0.25, -0.2) is 13.4 Å². The van der Waals surface area contributed by atoms with E-state index in [1.165, 1.54) is 22.9 Å². The summed E-state index contributed by atoms with van der Waals surface area (Å²) in [6, 6.07) is 21.8. The molecule has 1 heterocycles. The van der Waals surface area contributed by atoms with E-state index in [4.69, 9.17) is 0 Å². The Morgan fingerprint density at radius 3 is 2.31 bits per heavy atom. The lowest BCUT2D eigenvalue weighted by molar-refractivity contribution is 0.102. The van der Waals surface area contributed by atoms with Gasteiger partial charge >= 0.3 is 0 Å². The molecule has 35 heavy (non-hydrogen) atoms. The molecule has 0 spiro atoms. The summed E-state index contributed by atoms with van der Waals surface area (Å²) in [6.45, 7) is 0. The molecule has 0 saturated heterocycles. The zero-order valence-corrected chi connectivity index (χ0v) is 21.1. The summed E-state index contributed by atoms with van der Waals surface area (Å²) in [5.74, 6) is -0.290. The smallest absolute Gasteiger partial charge is 0.255 e. The van der Waals surface area contributed by atoms with Crippen molar-refractivity contribution < 1.29 is 13.2 Å². The van der Waals surface area contributed by atoms with Crippen LogP contribution in [0.25, 0.3) is 20.8 Å². The molecular formula is C27H27N3O3S2. The number of benzene rings is 3. The minimum atomic E-state index is -3.58. The molecule has 6 nitrogen and oxygen atoms in total. The minimum absolute atomic E-state index is 0.0439. The first-order valence-corrected chi connectivity index (χ1v) is 14.0. The molecule has 1 amide bonds. The van der Waals surface area contributed by atoms with Crippen LogP contribution >= 0.6 is 11.3 Å². The predicted molar refractivity (Wildman–Crippen MR) is 141 cm³/mol. The highest BCUT2D eigenvalue weighted by atomic mass is 32.2. The zero-order chi connectivity index (χ0) is 24.4. The van der Waals surface area contributed by atoms with Crippen LogP contribution in [0.2, 0.25) is 0 Å². The number of para-hydroxylation sites is 1. The van der Waals surface area contributed by atoms with Gasteiger partial charge in [-0.05, 0) is 73.5 Å². The van der Waals surface area contributed by atoms with E-state index in [9.17, 15) is 13.2 Å². The number of sulfonamides is 1. The lowest BCUT2D eigenvalue weighted by Gasteiger charge is -2.30. The van der Waals surface area contributed by atoms with Gasteiger partial charge in [0.2, 0.25) is 10.0 Å². The fourth-order valence-electron chi connectivity index (χ4n) is 4.48. The number of carbonyl (C=O) groups excluding carboxylic acids is 1. The van der Waals surface area contributed by atoms with Crippen LogP contribution in [0.5, 0.6) is 0 Å². The van der Waals surface area contributed by atoms with E-state index in [0.29, 0.717) is 11.3 Å². The number of amides is 1. The van der Waals surface area contributed by atoms with Crippen molar-refractivity contribution in [3.05, 3.63) is 78.4 Å². The molecule has 0 atom stereocenters. The number of fused-ring (bicyclic) bond motifs is 1. The van der Waals surface area contributed by atoms with Crippen molar-refractivity contribution in [2.75, 3.05) is 12.4 Å². The van der Waals surface area contributed by atoms with Crippen LogP contribution < -0.4 is 5.32 Å². The van der Waals surface area contributed by atoms with E-state index < -0.39 is 10.0 Å². The first kappa shape index (κ1) is 23.7. The van der Waals surface area contributed by atoms with E-state index >= 15 is 0 Å². The number of hydrogen-bond acceptors (Lipinski definition) is 5. The standard InChI is InChI=1S/C27H27N3O3S2/c1-30(22-7-3-2-4-8-22)35(32,33)23-17-13-19(14-18-23)26(31)28-21-15-11-20(12-16-21)27-29-24-9-5-6-10-25(24)34-27/h5-6,9-18,22H,2-4,7-8H2,1H3,(H,28,31). The van der Waals surface area contributed by atoms with Gasteiger partial charge in [0.05, 0.1) is 15.1 Å². The second-order valence-corrected chi connectivity index (χ2v) is 11.9. The van der Waals surface area contributed by atoms with Crippen molar-refractivity contribution in [3.8, 4) is 10.6 Å². The van der Waals surface area contributed by atoms with Crippen LogP contribution in [0, 0.1) is 0 Å². The highest BCUT2D eigenvalue weighted by Gasteiger charge is 2.29. The second kappa shape index (κ2) is 9.89. The number of nitrogens with zero attached hydrogens (tertiary/aromatic N) is 2. The van der Waals surface area contributed by atoms with Gasteiger partial charge in [0.25, 0.3) is 5.91 Å². The minimum Gasteiger partial charge on any atom is -0.322 e. The normalized spacial score (nSPS) is 14.9. The van der Waals surface area contributed by atoms with E-state index in [0.717, 1.165) is 46.5 Å². The summed E-state index contributed by atoms with van der Waals surface area (Å²) < 4.78 is 28.7. The largest absolute Gasteiger partial charge is 0.322 e. The number of anilines is 1. The number of hydrogen-bond donors (Lipinski definition) is 1. The summed E-state index contributed by atoms with van der Waals surface area (Å²) in [4.78, 5) is 17.6. The Bertz CT molecular complexity index is 1410. The SMILES string of the molecule is CN(C1CCCCC1)S(=O)(=O)c1ccc(C(=O)Nc2ccc(-c3nc4ccccc4s3)cc2)cc1. The van der Waals surface area contributed by atoms with Gasteiger partial charge in [0.15, 0.2) is 0 Å². The highest BCUT2D eigenvalue weighted by Crippen LogP contribution is 2.31. The molecule has 1 aliphatic rings. The molecule has 1 saturated carbocycles. The number of aromatic nitrogens is 1. The average Bonchev–Trinajstić information content (AvgIpc) is 3.33. The molecular weight excluding hydrogens is 478 g/mol. The topological polar surface area (TPSA) is 79.4 Å². The molecule has 8 heteroatoms. The van der Waals surface area contributed by atoms with Crippen LogP contribution in [-0.2, 0) is 10.0 Å². The first-order chi connectivity index (χ1) is 16.9. The Labute approximate surface area is 209 Å². The molecule has 4 aromatic rings.